The van der Waals surface area contributed by atoms with E-state index in [9.17, 15) is 30.0 Å². The van der Waals surface area contributed by atoms with Gasteiger partial charge in [-0.05, 0) is 77.6 Å². The molecule has 0 saturated carbocycles. The van der Waals surface area contributed by atoms with E-state index in [4.69, 9.17) is 4.74 Å². The molecule has 0 aromatic heterocycles. The molecule has 2 aromatic carbocycles. The maximum atomic E-state index is 13.3. The lowest BCUT2D eigenvalue weighted by Crippen LogP contribution is -2.49. The van der Waals surface area contributed by atoms with Crippen molar-refractivity contribution in [1.82, 2.24) is 0 Å². The molecule has 202 valence electrons. The average molecular weight is 522 g/mol. The number of carbonyl (C=O) groups excluding carboxylic acids is 1. The summed E-state index contributed by atoms with van der Waals surface area (Å²) in [4.78, 5) is 25.8. The summed E-state index contributed by atoms with van der Waals surface area (Å²) in [7, 11) is 0. The lowest BCUT2D eigenvalue weighted by Gasteiger charge is -2.40. The van der Waals surface area contributed by atoms with Gasteiger partial charge in [0.25, 0.3) is 5.91 Å². The highest BCUT2D eigenvalue weighted by molar-refractivity contribution is 6.12. The number of aliphatic hydroxyl groups excluding tert-OH is 1. The fourth-order valence-electron chi connectivity index (χ4n) is 5.08. The van der Waals surface area contributed by atoms with Crippen molar-refractivity contribution < 1.29 is 34.8 Å². The molecule has 2 aliphatic rings. The number of nitrogens with zero attached hydrogens (tertiary/aromatic N) is 1. The Bertz CT molecular complexity index is 1340. The van der Waals surface area contributed by atoms with Gasteiger partial charge in [-0.15, -0.1) is 0 Å². The quantitative estimate of drug-likeness (QED) is 0.339. The molecule has 38 heavy (non-hydrogen) atoms. The molecule has 2 atom stereocenters. The first-order valence-corrected chi connectivity index (χ1v) is 12.8. The molecule has 4 N–H and O–H groups in total. The van der Waals surface area contributed by atoms with E-state index in [1.165, 1.54) is 34.2 Å². The van der Waals surface area contributed by atoms with Gasteiger partial charge in [0.15, 0.2) is 0 Å². The Labute approximate surface area is 222 Å². The fraction of sp³-hybridized carbons (Fsp3) is 0.400. The third kappa shape index (κ3) is 5.27. The second-order valence-corrected chi connectivity index (χ2v) is 10.7. The number of phenolic OH excluding ortho intramolecular Hbond substituents is 2. The second kappa shape index (κ2) is 10.5. The van der Waals surface area contributed by atoms with E-state index in [1.807, 2.05) is 6.92 Å². The zero-order valence-corrected chi connectivity index (χ0v) is 22.2. The highest BCUT2D eigenvalue weighted by Gasteiger charge is 2.44. The van der Waals surface area contributed by atoms with Crippen LogP contribution in [0.1, 0.15) is 85.2 Å². The lowest BCUT2D eigenvalue weighted by atomic mass is 9.84. The number of hydrogen-bond acceptors (Lipinski definition) is 6. The monoisotopic (exact) mass is 521 g/mol. The number of carboxylic acid groups (broad SMARTS) is 1. The summed E-state index contributed by atoms with van der Waals surface area (Å²) >= 11 is 0. The van der Waals surface area contributed by atoms with Crippen LogP contribution in [0.4, 0.5) is 5.69 Å². The number of phenols is 2. The van der Waals surface area contributed by atoms with Gasteiger partial charge in [0, 0.05) is 17.5 Å². The van der Waals surface area contributed by atoms with Crippen LogP contribution in [0.15, 0.2) is 47.6 Å². The highest BCUT2D eigenvalue weighted by Crippen LogP contribution is 2.47. The van der Waals surface area contributed by atoms with Crippen LogP contribution in [0.3, 0.4) is 0 Å². The molecule has 4 rings (SSSR count). The number of aromatic hydroxyl groups is 2. The Kier molecular flexibility index (Phi) is 7.56. The number of carbonyl (C=O) groups is 2. The van der Waals surface area contributed by atoms with Crippen molar-refractivity contribution in [3.05, 3.63) is 69.8 Å². The van der Waals surface area contributed by atoms with Crippen LogP contribution in [0.2, 0.25) is 0 Å². The van der Waals surface area contributed by atoms with Gasteiger partial charge >= 0.3 is 5.97 Å². The van der Waals surface area contributed by atoms with Crippen LogP contribution in [-0.2, 0) is 13.0 Å². The SMILES string of the molecule is CC(C)=CCCC(C)=CCC[C@]1(C)Oc2c(c(O)cc3c2CN(c2ccc(C(=O)O)cc2O)C3=O)C[C@@H]1O. The first kappa shape index (κ1) is 27.3. The van der Waals surface area contributed by atoms with E-state index in [0.29, 0.717) is 29.7 Å². The van der Waals surface area contributed by atoms with Crippen molar-refractivity contribution in [2.45, 2.75) is 78.0 Å². The molecule has 0 aliphatic carbocycles. The van der Waals surface area contributed by atoms with Gasteiger partial charge in [0.2, 0.25) is 0 Å². The number of amides is 1. The second-order valence-electron chi connectivity index (χ2n) is 10.7. The molecule has 0 spiro atoms. The fourth-order valence-corrected chi connectivity index (χ4v) is 5.08. The van der Waals surface area contributed by atoms with Gasteiger partial charge < -0.3 is 30.1 Å². The zero-order valence-electron chi connectivity index (χ0n) is 22.2. The summed E-state index contributed by atoms with van der Waals surface area (Å²) in [5.74, 6) is -1.71. The van der Waals surface area contributed by atoms with Gasteiger partial charge in [-0.2, -0.15) is 0 Å². The minimum absolute atomic E-state index is 0.0757. The lowest BCUT2D eigenvalue weighted by molar-refractivity contribution is -0.0597. The molecule has 0 bridgehead atoms. The summed E-state index contributed by atoms with van der Waals surface area (Å²) in [6.45, 7) is 8.18. The summed E-state index contributed by atoms with van der Waals surface area (Å²) in [6, 6.07) is 5.17. The van der Waals surface area contributed by atoms with E-state index < -0.39 is 23.6 Å². The zero-order chi connectivity index (χ0) is 27.8. The summed E-state index contributed by atoms with van der Waals surface area (Å²) in [6.07, 6.45) is 6.91. The molecule has 0 saturated heterocycles. The van der Waals surface area contributed by atoms with Gasteiger partial charge in [0.05, 0.1) is 29.5 Å². The van der Waals surface area contributed by atoms with Crippen LogP contribution >= 0.6 is 0 Å². The minimum Gasteiger partial charge on any atom is -0.508 e. The number of fused-ring (bicyclic) bond motifs is 3. The minimum atomic E-state index is -1.19. The molecular weight excluding hydrogens is 486 g/mol. The molecular formula is C30H35NO7. The number of ether oxygens (including phenoxy) is 1. The Morgan fingerprint density at radius 2 is 1.84 bits per heavy atom. The van der Waals surface area contributed by atoms with E-state index in [-0.39, 0.29) is 41.3 Å². The van der Waals surface area contributed by atoms with Crippen LogP contribution in [0.5, 0.6) is 17.2 Å². The predicted octanol–water partition coefficient (Wildman–Crippen LogP) is 5.48. The smallest absolute Gasteiger partial charge is 0.335 e. The first-order chi connectivity index (χ1) is 17.9. The standard InChI is InChI=1S/C30H35NO7/c1-17(2)7-5-8-18(3)9-6-12-30(4)26(34)15-21-24(32)14-20-22(27(21)38-30)16-31(28(20)35)23-11-10-19(29(36)37)13-25(23)33/h7,9-11,13-14,26,32-34H,5-6,8,12,15-16H2,1-4H3,(H,36,37)/t26-,30-/m0/s1. The third-order valence-corrected chi connectivity index (χ3v) is 7.43. The molecule has 8 heteroatoms. The van der Waals surface area contributed by atoms with Crippen molar-refractivity contribution in [3.63, 3.8) is 0 Å². The number of allylic oxidation sites excluding steroid dienone is 4. The topological polar surface area (TPSA) is 128 Å². The Morgan fingerprint density at radius 1 is 1.11 bits per heavy atom. The van der Waals surface area contributed by atoms with Crippen LogP contribution in [0, 0.1) is 0 Å². The number of aliphatic hydroxyl groups is 1. The molecule has 2 aromatic rings. The molecule has 8 nitrogen and oxygen atoms in total. The average Bonchev–Trinajstić information content (AvgIpc) is 3.16. The third-order valence-electron chi connectivity index (χ3n) is 7.43. The molecule has 2 aliphatic heterocycles. The summed E-state index contributed by atoms with van der Waals surface area (Å²) in [5.41, 5.74) is 2.97. The summed E-state index contributed by atoms with van der Waals surface area (Å²) < 4.78 is 6.40. The largest absolute Gasteiger partial charge is 0.508 e. The Balaban J connectivity index is 1.58. The molecule has 0 fully saturated rings. The van der Waals surface area contributed by atoms with Crippen LogP contribution in [0.25, 0.3) is 0 Å². The first-order valence-electron chi connectivity index (χ1n) is 12.8. The van der Waals surface area contributed by atoms with Gasteiger partial charge in [0.1, 0.15) is 22.8 Å². The predicted molar refractivity (Wildman–Crippen MR) is 144 cm³/mol. The van der Waals surface area contributed by atoms with E-state index in [2.05, 4.69) is 32.9 Å². The van der Waals surface area contributed by atoms with Crippen molar-refractivity contribution >= 4 is 17.6 Å². The van der Waals surface area contributed by atoms with Crippen molar-refractivity contribution in [2.75, 3.05) is 4.90 Å². The van der Waals surface area contributed by atoms with E-state index >= 15 is 0 Å². The van der Waals surface area contributed by atoms with Gasteiger partial charge in [-0.3, -0.25) is 4.79 Å². The molecule has 0 radical (unpaired) electrons. The number of rotatable bonds is 8. The normalized spacial score (nSPS) is 20.6. The van der Waals surface area contributed by atoms with Gasteiger partial charge in [-0.1, -0.05) is 23.3 Å². The van der Waals surface area contributed by atoms with Gasteiger partial charge in [-0.25, -0.2) is 4.79 Å². The van der Waals surface area contributed by atoms with Crippen molar-refractivity contribution in [3.8, 4) is 17.2 Å². The molecule has 0 unspecified atom stereocenters. The molecule has 1 amide bonds. The van der Waals surface area contributed by atoms with Crippen LogP contribution < -0.4 is 9.64 Å². The number of aromatic carboxylic acids is 1. The number of benzene rings is 2. The highest BCUT2D eigenvalue weighted by atomic mass is 16.5. The maximum Gasteiger partial charge on any atom is 0.335 e. The van der Waals surface area contributed by atoms with Crippen molar-refractivity contribution in [2.24, 2.45) is 0 Å². The Hall–Kier alpha value is -3.78. The Morgan fingerprint density at radius 3 is 2.50 bits per heavy atom. The molecule has 2 heterocycles. The summed E-state index contributed by atoms with van der Waals surface area (Å²) in [5, 5.41) is 41.3. The number of anilines is 1. The number of hydrogen-bond donors (Lipinski definition) is 4. The van der Waals surface area contributed by atoms with Crippen LogP contribution in [-0.4, -0.2) is 44.0 Å². The number of carboxylic acids is 1. The van der Waals surface area contributed by atoms with E-state index in [1.54, 1.807) is 0 Å². The maximum absolute atomic E-state index is 13.3. The van der Waals surface area contributed by atoms with Crippen molar-refractivity contribution in [1.29, 1.82) is 0 Å². The van der Waals surface area contributed by atoms with E-state index in [0.717, 1.165) is 18.9 Å².